The normalized spacial score (nSPS) is 21.5. The van der Waals surface area contributed by atoms with Gasteiger partial charge in [0.05, 0.1) is 0 Å². The van der Waals surface area contributed by atoms with E-state index in [0.717, 1.165) is 25.8 Å². The molecule has 0 radical (unpaired) electrons. The summed E-state index contributed by atoms with van der Waals surface area (Å²) in [4.78, 5) is 21.7. The van der Waals surface area contributed by atoms with Crippen molar-refractivity contribution in [2.75, 3.05) is 6.54 Å². The Morgan fingerprint density at radius 1 is 1.09 bits per heavy atom. The highest BCUT2D eigenvalue weighted by Crippen LogP contribution is 2.00. The minimum Gasteiger partial charge on any atom is -0.289 e. The van der Waals surface area contributed by atoms with E-state index in [4.69, 9.17) is 0 Å². The summed E-state index contributed by atoms with van der Waals surface area (Å²) >= 11 is 0. The number of nitrogens with one attached hydrogen (secondary N) is 2. The van der Waals surface area contributed by atoms with Gasteiger partial charge in [-0.25, -0.2) is 5.43 Å². The van der Waals surface area contributed by atoms with Crippen LogP contribution in [-0.4, -0.2) is 18.2 Å². The Kier molecular flexibility index (Phi) is 3.04. The number of rotatable bonds is 0. The van der Waals surface area contributed by atoms with Crippen LogP contribution in [0.4, 0.5) is 0 Å². The third kappa shape index (κ3) is 2.67. The van der Waals surface area contributed by atoms with Crippen LogP contribution in [0.1, 0.15) is 25.7 Å². The van der Waals surface area contributed by atoms with Gasteiger partial charge in [-0.2, -0.15) is 0 Å². The zero-order valence-corrected chi connectivity index (χ0v) is 6.35. The van der Waals surface area contributed by atoms with E-state index >= 15 is 0 Å². The van der Waals surface area contributed by atoms with Gasteiger partial charge in [0.1, 0.15) is 0 Å². The van der Waals surface area contributed by atoms with Crippen molar-refractivity contribution >= 4 is 11.7 Å². The lowest BCUT2D eigenvalue weighted by Crippen LogP contribution is -2.41. The molecule has 1 saturated heterocycles. The van der Waals surface area contributed by atoms with Crippen molar-refractivity contribution in [3.05, 3.63) is 0 Å². The molecule has 0 unspecified atom stereocenters. The SMILES string of the molecule is O=C1CCCCCNNC1=O. The Morgan fingerprint density at radius 3 is 2.73 bits per heavy atom. The second-order valence-corrected chi connectivity index (χ2v) is 2.61. The van der Waals surface area contributed by atoms with Gasteiger partial charge in [-0.1, -0.05) is 6.42 Å². The third-order valence-corrected chi connectivity index (χ3v) is 1.66. The molecular formula is C7H12N2O2. The van der Waals surface area contributed by atoms with E-state index in [-0.39, 0.29) is 5.78 Å². The number of hydrogen-bond donors (Lipinski definition) is 2. The van der Waals surface area contributed by atoms with Crippen LogP contribution >= 0.6 is 0 Å². The van der Waals surface area contributed by atoms with Crippen molar-refractivity contribution in [1.82, 2.24) is 10.9 Å². The number of amides is 1. The predicted octanol–water partition coefficient (Wildman–Crippen LogP) is -0.250. The summed E-state index contributed by atoms with van der Waals surface area (Å²) < 4.78 is 0. The molecule has 4 heteroatoms. The molecular weight excluding hydrogens is 144 g/mol. The van der Waals surface area contributed by atoms with Crippen molar-refractivity contribution in [2.24, 2.45) is 0 Å². The van der Waals surface area contributed by atoms with Crippen LogP contribution in [0.3, 0.4) is 0 Å². The molecule has 0 aliphatic carbocycles. The molecule has 0 saturated carbocycles. The smallest absolute Gasteiger partial charge is 0.289 e. The van der Waals surface area contributed by atoms with Gasteiger partial charge in [-0.15, -0.1) is 0 Å². The number of hydrogen-bond acceptors (Lipinski definition) is 3. The molecule has 2 N–H and O–H groups in total. The van der Waals surface area contributed by atoms with E-state index in [9.17, 15) is 9.59 Å². The standard InChI is InChI=1S/C7H12N2O2/c10-6-4-2-1-3-5-8-9-7(6)11/h8H,1-5H2,(H,9,11). The average molecular weight is 156 g/mol. The highest BCUT2D eigenvalue weighted by atomic mass is 16.2. The summed E-state index contributed by atoms with van der Waals surface area (Å²) in [7, 11) is 0. The minimum atomic E-state index is -0.507. The monoisotopic (exact) mass is 156 g/mol. The van der Waals surface area contributed by atoms with Crippen molar-refractivity contribution in [1.29, 1.82) is 0 Å². The van der Waals surface area contributed by atoms with Crippen molar-refractivity contribution in [3.63, 3.8) is 0 Å². The molecule has 1 amide bonds. The Labute approximate surface area is 65.3 Å². The van der Waals surface area contributed by atoms with Gasteiger partial charge >= 0.3 is 5.91 Å². The van der Waals surface area contributed by atoms with Crippen LogP contribution < -0.4 is 10.9 Å². The molecule has 1 heterocycles. The average Bonchev–Trinajstić information content (AvgIpc) is 2.07. The zero-order chi connectivity index (χ0) is 8.10. The first-order valence-electron chi connectivity index (χ1n) is 3.87. The van der Waals surface area contributed by atoms with Crippen molar-refractivity contribution in [3.8, 4) is 0 Å². The summed E-state index contributed by atoms with van der Waals surface area (Å²) in [6, 6.07) is 0. The van der Waals surface area contributed by atoms with Crippen LogP contribution in [0.25, 0.3) is 0 Å². The van der Waals surface area contributed by atoms with Gasteiger partial charge in [0.15, 0.2) is 0 Å². The van der Waals surface area contributed by atoms with E-state index in [1.165, 1.54) is 0 Å². The van der Waals surface area contributed by atoms with E-state index < -0.39 is 5.91 Å². The fraction of sp³-hybridized carbons (Fsp3) is 0.714. The number of Topliss-reactive ketones (excluding diaryl/α,β-unsaturated/α-hetero) is 1. The molecule has 0 aromatic heterocycles. The highest BCUT2D eigenvalue weighted by molar-refractivity contribution is 6.35. The second kappa shape index (κ2) is 4.08. The highest BCUT2D eigenvalue weighted by Gasteiger charge is 2.13. The molecule has 0 aromatic rings. The Hall–Kier alpha value is -0.900. The van der Waals surface area contributed by atoms with Gasteiger partial charge in [0.25, 0.3) is 0 Å². The number of ketones is 1. The first-order valence-corrected chi connectivity index (χ1v) is 3.87. The van der Waals surface area contributed by atoms with Gasteiger partial charge in [-0.3, -0.25) is 15.0 Å². The predicted molar refractivity (Wildman–Crippen MR) is 39.6 cm³/mol. The maximum atomic E-state index is 10.9. The molecule has 0 aromatic carbocycles. The molecule has 62 valence electrons. The molecule has 0 atom stereocenters. The molecule has 0 spiro atoms. The van der Waals surface area contributed by atoms with Crippen molar-refractivity contribution < 1.29 is 9.59 Å². The Morgan fingerprint density at radius 2 is 1.91 bits per heavy atom. The van der Waals surface area contributed by atoms with Crippen LogP contribution in [0.2, 0.25) is 0 Å². The maximum Gasteiger partial charge on any atom is 0.301 e. The van der Waals surface area contributed by atoms with Crippen LogP contribution in [0.5, 0.6) is 0 Å². The Balaban J connectivity index is 2.42. The summed E-state index contributed by atoms with van der Waals surface area (Å²) in [6.45, 7) is 0.749. The fourth-order valence-corrected chi connectivity index (χ4v) is 1.00. The lowest BCUT2D eigenvalue weighted by atomic mass is 10.1. The number of carbonyl (C=O) groups excluding carboxylic acids is 2. The fourth-order valence-electron chi connectivity index (χ4n) is 1.00. The first kappa shape index (κ1) is 8.20. The maximum absolute atomic E-state index is 10.9. The molecule has 4 nitrogen and oxygen atoms in total. The zero-order valence-electron chi connectivity index (χ0n) is 6.35. The van der Waals surface area contributed by atoms with Crippen molar-refractivity contribution in [2.45, 2.75) is 25.7 Å². The lowest BCUT2D eigenvalue weighted by Gasteiger charge is -2.01. The summed E-state index contributed by atoms with van der Waals surface area (Å²) in [5.74, 6) is -0.827. The quantitative estimate of drug-likeness (QED) is 0.475. The molecule has 0 bridgehead atoms. The molecule has 1 fully saturated rings. The second-order valence-electron chi connectivity index (χ2n) is 2.61. The van der Waals surface area contributed by atoms with E-state index in [0.29, 0.717) is 6.42 Å². The third-order valence-electron chi connectivity index (χ3n) is 1.66. The van der Waals surface area contributed by atoms with Gasteiger partial charge in [-0.05, 0) is 12.8 Å². The minimum absolute atomic E-state index is 0.320. The molecule has 11 heavy (non-hydrogen) atoms. The van der Waals surface area contributed by atoms with E-state index in [1.807, 2.05) is 0 Å². The molecule has 1 aliphatic heterocycles. The summed E-state index contributed by atoms with van der Waals surface area (Å²) in [6.07, 6.45) is 3.22. The number of carbonyl (C=O) groups is 2. The van der Waals surface area contributed by atoms with E-state index in [1.54, 1.807) is 0 Å². The van der Waals surface area contributed by atoms with Gasteiger partial charge in [0, 0.05) is 13.0 Å². The van der Waals surface area contributed by atoms with E-state index in [2.05, 4.69) is 10.9 Å². The number of hydrazine groups is 1. The topological polar surface area (TPSA) is 58.2 Å². The summed E-state index contributed by atoms with van der Waals surface area (Å²) in [5.41, 5.74) is 5.02. The largest absolute Gasteiger partial charge is 0.301 e. The first-order chi connectivity index (χ1) is 5.30. The lowest BCUT2D eigenvalue weighted by molar-refractivity contribution is -0.138. The molecule has 1 rings (SSSR count). The van der Waals surface area contributed by atoms with Gasteiger partial charge < -0.3 is 0 Å². The van der Waals surface area contributed by atoms with Gasteiger partial charge in [0.2, 0.25) is 5.78 Å². The van der Waals surface area contributed by atoms with Crippen LogP contribution in [0.15, 0.2) is 0 Å². The molecule has 1 aliphatic rings. The van der Waals surface area contributed by atoms with Crippen LogP contribution in [0, 0.1) is 0 Å². The summed E-state index contributed by atoms with van der Waals surface area (Å²) in [5, 5.41) is 0. The Bertz CT molecular complexity index is 150. The van der Waals surface area contributed by atoms with Crippen LogP contribution in [-0.2, 0) is 9.59 Å².